The van der Waals surface area contributed by atoms with E-state index in [1.54, 1.807) is 0 Å². The zero-order valence-electron chi connectivity index (χ0n) is 10.2. The number of carbonyl (C=O) groups excluding carboxylic acids is 2. The first-order chi connectivity index (χ1) is 7.72. The van der Waals surface area contributed by atoms with Crippen LogP contribution in [0.2, 0.25) is 0 Å². The van der Waals surface area contributed by atoms with Gasteiger partial charge < -0.3 is 5.73 Å². The number of hydrogen-bond acceptors (Lipinski definition) is 3. The van der Waals surface area contributed by atoms with E-state index in [1.165, 1.54) is 0 Å². The summed E-state index contributed by atoms with van der Waals surface area (Å²) >= 11 is 4.69. The second-order valence-electron chi connectivity index (χ2n) is 5.60. The van der Waals surface area contributed by atoms with Crippen LogP contribution in [0.25, 0.3) is 0 Å². The third-order valence-corrected chi connectivity index (χ3v) is 4.73. The van der Waals surface area contributed by atoms with Gasteiger partial charge in [-0.25, -0.2) is 0 Å². The maximum atomic E-state index is 12.4. The SMILES string of the molecule is CC1(C)[C@H]2CC[C@]1(C)C(=O)N(NC(N)=S)C2=O. The molecule has 0 unspecified atom stereocenters. The van der Waals surface area contributed by atoms with Gasteiger partial charge in [-0.15, -0.1) is 0 Å². The van der Waals surface area contributed by atoms with Crippen molar-refractivity contribution >= 4 is 29.1 Å². The van der Waals surface area contributed by atoms with Crippen LogP contribution in [0.5, 0.6) is 0 Å². The molecule has 17 heavy (non-hydrogen) atoms. The van der Waals surface area contributed by atoms with Crippen molar-refractivity contribution < 1.29 is 9.59 Å². The summed E-state index contributed by atoms with van der Waals surface area (Å²) in [5.41, 5.74) is 7.00. The van der Waals surface area contributed by atoms with Crippen molar-refractivity contribution in [3.63, 3.8) is 0 Å². The highest BCUT2D eigenvalue weighted by molar-refractivity contribution is 7.80. The van der Waals surface area contributed by atoms with Crippen LogP contribution in [0.4, 0.5) is 0 Å². The zero-order valence-corrected chi connectivity index (χ0v) is 11.1. The van der Waals surface area contributed by atoms with Gasteiger partial charge in [-0.1, -0.05) is 20.8 Å². The topological polar surface area (TPSA) is 75.4 Å². The number of piperidine rings is 1. The fourth-order valence-electron chi connectivity index (χ4n) is 3.03. The maximum absolute atomic E-state index is 12.4. The number of hydrogen-bond donors (Lipinski definition) is 2. The molecule has 6 heteroatoms. The van der Waals surface area contributed by atoms with E-state index in [9.17, 15) is 9.59 Å². The number of carbonyl (C=O) groups is 2. The summed E-state index contributed by atoms with van der Waals surface area (Å²) in [7, 11) is 0. The molecule has 0 radical (unpaired) electrons. The molecule has 94 valence electrons. The number of nitrogens with zero attached hydrogens (tertiary/aromatic N) is 1. The number of thiocarbonyl (C=S) groups is 1. The van der Waals surface area contributed by atoms with Crippen LogP contribution in [-0.4, -0.2) is 21.9 Å². The van der Waals surface area contributed by atoms with Gasteiger partial charge >= 0.3 is 0 Å². The summed E-state index contributed by atoms with van der Waals surface area (Å²) < 4.78 is 0. The fraction of sp³-hybridized carbons (Fsp3) is 0.727. The van der Waals surface area contributed by atoms with Crippen LogP contribution in [0.1, 0.15) is 33.6 Å². The first-order valence-electron chi connectivity index (χ1n) is 5.66. The number of fused-ring (bicyclic) bond motifs is 2. The van der Waals surface area contributed by atoms with Crippen molar-refractivity contribution in [3.8, 4) is 0 Å². The lowest BCUT2D eigenvalue weighted by Crippen LogP contribution is -2.64. The first kappa shape index (κ1) is 12.3. The van der Waals surface area contributed by atoms with Crippen molar-refractivity contribution in [1.29, 1.82) is 0 Å². The molecule has 1 saturated heterocycles. The molecular formula is C11H17N3O2S. The van der Waals surface area contributed by atoms with E-state index in [2.05, 4.69) is 5.43 Å². The highest BCUT2D eigenvalue weighted by atomic mass is 32.1. The molecule has 2 fully saturated rings. The first-order valence-corrected chi connectivity index (χ1v) is 6.07. The van der Waals surface area contributed by atoms with Gasteiger partial charge in [0.05, 0.1) is 5.41 Å². The normalized spacial score (nSPS) is 35.0. The highest BCUT2D eigenvalue weighted by Gasteiger charge is 2.64. The second kappa shape index (κ2) is 3.41. The van der Waals surface area contributed by atoms with E-state index in [4.69, 9.17) is 18.0 Å². The molecule has 1 aliphatic carbocycles. The smallest absolute Gasteiger partial charge is 0.254 e. The molecule has 0 aromatic heterocycles. The molecule has 1 heterocycles. The number of nitrogens with one attached hydrogen (secondary N) is 1. The molecule has 2 rings (SSSR count). The van der Waals surface area contributed by atoms with E-state index >= 15 is 0 Å². The predicted molar refractivity (Wildman–Crippen MR) is 66.4 cm³/mol. The summed E-state index contributed by atoms with van der Waals surface area (Å²) in [5, 5.41) is 0.944. The molecule has 5 nitrogen and oxygen atoms in total. The Hall–Kier alpha value is -1.17. The average Bonchev–Trinajstić information content (AvgIpc) is 2.40. The highest BCUT2D eigenvalue weighted by Crippen LogP contribution is 2.59. The summed E-state index contributed by atoms with van der Waals surface area (Å²) in [6.07, 6.45) is 1.47. The van der Waals surface area contributed by atoms with E-state index in [1.807, 2.05) is 20.8 Å². The largest absolute Gasteiger partial charge is 0.375 e. The van der Waals surface area contributed by atoms with Gasteiger partial charge in [0.15, 0.2) is 5.11 Å². The number of nitrogens with two attached hydrogens (primary N) is 1. The Bertz CT molecular complexity index is 421. The zero-order chi connectivity index (χ0) is 13.0. The van der Waals surface area contributed by atoms with Crippen LogP contribution in [-0.2, 0) is 9.59 Å². The lowest BCUT2D eigenvalue weighted by Gasteiger charge is -2.47. The Labute approximate surface area is 106 Å². The van der Waals surface area contributed by atoms with Gasteiger partial charge in [-0.05, 0) is 30.5 Å². The molecule has 2 atom stereocenters. The standard InChI is InChI=1S/C11H17N3O2S/c1-10(2)6-4-5-11(10,3)8(16)14(7(6)15)13-9(12)17/h6H,4-5H2,1-3H3,(H3,12,13,17)/t6-,11+/m0/s1. The third kappa shape index (κ3) is 1.40. The van der Waals surface area contributed by atoms with Crippen LogP contribution in [0.15, 0.2) is 0 Å². The van der Waals surface area contributed by atoms with Gasteiger partial charge in [0.1, 0.15) is 0 Å². The van der Waals surface area contributed by atoms with E-state index in [0.717, 1.165) is 17.9 Å². The van der Waals surface area contributed by atoms with Gasteiger partial charge in [0.2, 0.25) is 0 Å². The molecule has 0 spiro atoms. The summed E-state index contributed by atoms with van der Waals surface area (Å²) in [5.74, 6) is -0.594. The Morgan fingerprint density at radius 2 is 2.06 bits per heavy atom. The molecule has 3 N–H and O–H groups in total. The monoisotopic (exact) mass is 255 g/mol. The van der Waals surface area contributed by atoms with Gasteiger partial charge in [0.25, 0.3) is 11.8 Å². The number of amides is 2. The van der Waals surface area contributed by atoms with Crippen LogP contribution < -0.4 is 11.2 Å². The lowest BCUT2D eigenvalue weighted by atomic mass is 9.63. The molecular weight excluding hydrogens is 238 g/mol. The predicted octanol–water partition coefficient (Wildman–Crippen LogP) is 0.546. The lowest BCUT2D eigenvalue weighted by molar-refractivity contribution is -0.170. The number of rotatable bonds is 1. The van der Waals surface area contributed by atoms with Crippen LogP contribution in [0, 0.1) is 16.7 Å². The van der Waals surface area contributed by atoms with E-state index in [-0.39, 0.29) is 28.3 Å². The van der Waals surface area contributed by atoms with E-state index < -0.39 is 5.41 Å². The van der Waals surface area contributed by atoms with Gasteiger partial charge in [0, 0.05) is 5.92 Å². The minimum atomic E-state index is -0.524. The Morgan fingerprint density at radius 1 is 1.47 bits per heavy atom. The number of hydrazine groups is 1. The third-order valence-electron chi connectivity index (χ3n) is 4.64. The Kier molecular flexibility index (Phi) is 2.47. The maximum Gasteiger partial charge on any atom is 0.254 e. The minimum Gasteiger partial charge on any atom is -0.375 e. The molecule has 0 aromatic carbocycles. The Morgan fingerprint density at radius 3 is 2.59 bits per heavy atom. The van der Waals surface area contributed by atoms with E-state index in [0.29, 0.717) is 0 Å². The van der Waals surface area contributed by atoms with Gasteiger partial charge in [-0.2, -0.15) is 5.01 Å². The molecule has 1 aliphatic heterocycles. The Balaban J connectivity index is 2.42. The fourth-order valence-corrected chi connectivity index (χ4v) is 3.13. The molecule has 2 aliphatic rings. The molecule has 1 saturated carbocycles. The summed E-state index contributed by atoms with van der Waals surface area (Å²) in [6, 6.07) is 0. The van der Waals surface area contributed by atoms with Crippen molar-refractivity contribution in [3.05, 3.63) is 0 Å². The molecule has 0 aromatic rings. The van der Waals surface area contributed by atoms with Crippen molar-refractivity contribution in [1.82, 2.24) is 10.4 Å². The summed E-state index contributed by atoms with van der Waals surface area (Å²) in [6.45, 7) is 5.88. The minimum absolute atomic E-state index is 0.0607. The quantitative estimate of drug-likeness (QED) is 0.528. The van der Waals surface area contributed by atoms with Crippen LogP contribution >= 0.6 is 12.2 Å². The molecule has 2 amide bonds. The van der Waals surface area contributed by atoms with Crippen molar-refractivity contribution in [2.24, 2.45) is 22.5 Å². The van der Waals surface area contributed by atoms with Crippen molar-refractivity contribution in [2.45, 2.75) is 33.6 Å². The average molecular weight is 255 g/mol. The second-order valence-corrected chi connectivity index (χ2v) is 6.04. The summed E-state index contributed by atoms with van der Waals surface area (Å²) in [4.78, 5) is 24.6. The van der Waals surface area contributed by atoms with Crippen molar-refractivity contribution in [2.75, 3.05) is 0 Å². The number of imide groups is 1. The van der Waals surface area contributed by atoms with Gasteiger partial charge in [-0.3, -0.25) is 15.0 Å². The van der Waals surface area contributed by atoms with Crippen LogP contribution in [0.3, 0.4) is 0 Å². The molecule has 2 bridgehead atoms.